The molecule has 0 spiro atoms. The van der Waals surface area contributed by atoms with Crippen LogP contribution in [0.3, 0.4) is 0 Å². The number of hydrogen-bond acceptors (Lipinski definition) is 4. The molecule has 1 N–H and O–H groups in total. The number of anilines is 1. The van der Waals surface area contributed by atoms with Crippen molar-refractivity contribution in [2.24, 2.45) is 0 Å². The second kappa shape index (κ2) is 12.5. The molecule has 7 nitrogen and oxygen atoms in total. The molecule has 192 valence electrons. The molecule has 0 aliphatic heterocycles. The van der Waals surface area contributed by atoms with Gasteiger partial charge in [-0.2, -0.15) is 0 Å². The van der Waals surface area contributed by atoms with Crippen molar-refractivity contribution in [1.29, 1.82) is 0 Å². The van der Waals surface area contributed by atoms with Crippen LogP contribution in [0.2, 0.25) is 20.1 Å². The average Bonchev–Trinajstić information content (AvgIpc) is 2.78. The zero-order valence-electron chi connectivity index (χ0n) is 19.7. The van der Waals surface area contributed by atoms with Crippen molar-refractivity contribution in [3.05, 3.63) is 62.1 Å². The summed E-state index contributed by atoms with van der Waals surface area (Å²) in [5, 5.41) is 3.60. The summed E-state index contributed by atoms with van der Waals surface area (Å²) in [4.78, 5) is 27.7. The molecule has 0 saturated carbocycles. The highest BCUT2D eigenvalue weighted by atomic mass is 35.5. The molecule has 0 aliphatic carbocycles. The van der Waals surface area contributed by atoms with Gasteiger partial charge in [-0.3, -0.25) is 13.9 Å². The van der Waals surface area contributed by atoms with Crippen molar-refractivity contribution in [3.8, 4) is 0 Å². The Morgan fingerprint density at radius 3 is 2.09 bits per heavy atom. The number of benzene rings is 2. The van der Waals surface area contributed by atoms with E-state index in [4.69, 9.17) is 46.4 Å². The molecule has 2 rings (SSSR count). The highest BCUT2D eigenvalue weighted by Gasteiger charge is 2.31. The fourth-order valence-electron chi connectivity index (χ4n) is 3.13. The number of nitrogens with zero attached hydrogens (tertiary/aromatic N) is 2. The molecule has 0 radical (unpaired) electrons. The zero-order chi connectivity index (χ0) is 26.5. The zero-order valence-corrected chi connectivity index (χ0v) is 23.5. The Kier molecular flexibility index (Phi) is 10.5. The summed E-state index contributed by atoms with van der Waals surface area (Å²) in [5.41, 5.74) is 0.712. The molecule has 35 heavy (non-hydrogen) atoms. The van der Waals surface area contributed by atoms with Crippen molar-refractivity contribution < 1.29 is 18.0 Å². The summed E-state index contributed by atoms with van der Waals surface area (Å²) in [5.74, 6) is -0.973. The topological polar surface area (TPSA) is 86.8 Å². The van der Waals surface area contributed by atoms with Gasteiger partial charge in [-0.05, 0) is 50.1 Å². The van der Waals surface area contributed by atoms with Crippen molar-refractivity contribution in [1.82, 2.24) is 10.2 Å². The third-order valence-electron chi connectivity index (χ3n) is 5.37. The van der Waals surface area contributed by atoms with Gasteiger partial charge in [0.05, 0.1) is 27.0 Å². The van der Waals surface area contributed by atoms with E-state index < -0.39 is 28.5 Å². The molecule has 0 saturated heterocycles. The number of amides is 2. The van der Waals surface area contributed by atoms with Gasteiger partial charge in [-0.1, -0.05) is 65.5 Å². The summed E-state index contributed by atoms with van der Waals surface area (Å²) < 4.78 is 26.1. The summed E-state index contributed by atoms with van der Waals surface area (Å²) >= 11 is 24.3. The molecule has 0 fully saturated rings. The van der Waals surface area contributed by atoms with Gasteiger partial charge in [0.1, 0.15) is 12.6 Å². The monoisotopic (exact) mass is 581 g/mol. The van der Waals surface area contributed by atoms with Crippen molar-refractivity contribution in [2.45, 2.75) is 45.8 Å². The maximum atomic E-state index is 13.5. The molecule has 0 unspecified atom stereocenters. The third kappa shape index (κ3) is 8.15. The predicted molar refractivity (Wildman–Crippen MR) is 143 cm³/mol. The van der Waals surface area contributed by atoms with E-state index >= 15 is 0 Å². The SMILES string of the molecule is CC[C@@H](C)NC(=O)[C@@H](C)N(Cc1ccc(Cl)cc1)C(=O)CN(c1cc(Cl)c(Cl)cc1Cl)S(C)(=O)=O. The molecule has 0 aliphatic rings. The lowest BCUT2D eigenvalue weighted by Crippen LogP contribution is -2.52. The summed E-state index contributed by atoms with van der Waals surface area (Å²) in [7, 11) is -3.96. The Bertz CT molecular complexity index is 1180. The molecule has 2 amide bonds. The predicted octanol–water partition coefficient (Wildman–Crippen LogP) is 5.40. The number of carbonyl (C=O) groups is 2. The lowest BCUT2D eigenvalue weighted by Gasteiger charge is -2.32. The first-order chi connectivity index (χ1) is 16.2. The van der Waals surface area contributed by atoms with Crippen molar-refractivity contribution in [3.63, 3.8) is 0 Å². The van der Waals surface area contributed by atoms with Crippen LogP contribution in [0.25, 0.3) is 0 Å². The van der Waals surface area contributed by atoms with Gasteiger partial charge >= 0.3 is 0 Å². The number of halogens is 4. The largest absolute Gasteiger partial charge is 0.352 e. The third-order valence-corrected chi connectivity index (χ3v) is 7.78. The number of nitrogens with one attached hydrogen (secondary N) is 1. The Hall–Kier alpha value is -1.71. The Labute approximate surface area is 226 Å². The van der Waals surface area contributed by atoms with E-state index in [1.807, 2.05) is 13.8 Å². The number of sulfonamides is 1. The molecule has 12 heteroatoms. The van der Waals surface area contributed by atoms with E-state index in [0.29, 0.717) is 17.0 Å². The van der Waals surface area contributed by atoms with E-state index in [0.717, 1.165) is 10.6 Å². The maximum absolute atomic E-state index is 13.5. The van der Waals surface area contributed by atoms with Gasteiger partial charge in [-0.15, -0.1) is 0 Å². The van der Waals surface area contributed by atoms with Gasteiger partial charge in [0, 0.05) is 17.6 Å². The van der Waals surface area contributed by atoms with E-state index in [-0.39, 0.29) is 39.2 Å². The molecule has 2 aromatic carbocycles. The first kappa shape index (κ1) is 29.5. The van der Waals surface area contributed by atoms with E-state index in [2.05, 4.69) is 5.32 Å². The Morgan fingerprint density at radius 1 is 0.971 bits per heavy atom. The fraction of sp³-hybridized carbons (Fsp3) is 0.391. The Morgan fingerprint density at radius 2 is 1.54 bits per heavy atom. The van der Waals surface area contributed by atoms with Crippen LogP contribution in [0.4, 0.5) is 5.69 Å². The minimum absolute atomic E-state index is 0.0000643. The van der Waals surface area contributed by atoms with E-state index in [1.165, 1.54) is 17.0 Å². The highest BCUT2D eigenvalue weighted by Crippen LogP contribution is 2.35. The summed E-state index contributed by atoms with van der Waals surface area (Å²) in [6, 6.07) is 8.39. The van der Waals surface area contributed by atoms with Gasteiger partial charge in [0.15, 0.2) is 0 Å². The molecule has 0 heterocycles. The summed E-state index contributed by atoms with van der Waals surface area (Å²) in [6.07, 6.45) is 1.66. The molecule has 0 aromatic heterocycles. The van der Waals surface area contributed by atoms with Gasteiger partial charge in [-0.25, -0.2) is 8.42 Å². The second-order valence-corrected chi connectivity index (χ2v) is 11.7. The number of hydrogen-bond donors (Lipinski definition) is 1. The Balaban J connectivity index is 2.45. The van der Waals surface area contributed by atoms with Crippen molar-refractivity contribution >= 4 is 73.9 Å². The minimum Gasteiger partial charge on any atom is -0.352 e. The fourth-order valence-corrected chi connectivity index (χ4v) is 4.81. The van der Waals surface area contributed by atoms with Crippen LogP contribution >= 0.6 is 46.4 Å². The van der Waals surface area contributed by atoms with Crippen LogP contribution in [0.5, 0.6) is 0 Å². The second-order valence-electron chi connectivity index (χ2n) is 8.13. The molecule has 0 bridgehead atoms. The minimum atomic E-state index is -3.96. The van der Waals surface area contributed by atoms with Gasteiger partial charge in [0.25, 0.3) is 0 Å². The quantitative estimate of drug-likeness (QED) is 0.380. The smallest absolute Gasteiger partial charge is 0.244 e. The van der Waals surface area contributed by atoms with E-state index in [9.17, 15) is 18.0 Å². The molecule has 2 aromatic rings. The van der Waals surface area contributed by atoms with Gasteiger partial charge < -0.3 is 10.2 Å². The van der Waals surface area contributed by atoms with Crippen LogP contribution in [0.15, 0.2) is 36.4 Å². The van der Waals surface area contributed by atoms with E-state index in [1.54, 1.807) is 31.2 Å². The number of rotatable bonds is 10. The molecular weight excluding hydrogens is 556 g/mol. The van der Waals surface area contributed by atoms with Crippen LogP contribution in [0.1, 0.15) is 32.8 Å². The molecular formula is C23H27Cl4N3O4S. The first-order valence-corrected chi connectivity index (χ1v) is 14.1. The van der Waals surface area contributed by atoms with Crippen LogP contribution in [0, 0.1) is 0 Å². The highest BCUT2D eigenvalue weighted by molar-refractivity contribution is 7.92. The number of carbonyl (C=O) groups excluding carboxylic acids is 2. The lowest BCUT2D eigenvalue weighted by atomic mass is 10.1. The van der Waals surface area contributed by atoms with Crippen LogP contribution in [-0.2, 0) is 26.2 Å². The molecule has 2 atom stereocenters. The standard InChI is InChI=1S/C23H27Cl4N3O4S/c1-5-14(2)28-23(32)15(3)29(12-16-6-8-17(24)9-7-16)22(31)13-30(35(4,33)34)21-11-19(26)18(25)10-20(21)27/h6-11,14-15H,5,12-13H2,1-4H3,(H,28,32)/t14-,15-/m1/s1. The van der Waals surface area contributed by atoms with Gasteiger partial charge in [0.2, 0.25) is 21.8 Å². The average molecular weight is 583 g/mol. The first-order valence-electron chi connectivity index (χ1n) is 10.7. The maximum Gasteiger partial charge on any atom is 0.244 e. The lowest BCUT2D eigenvalue weighted by molar-refractivity contribution is -0.139. The van der Waals surface area contributed by atoms with Crippen molar-refractivity contribution in [2.75, 3.05) is 17.1 Å². The summed E-state index contributed by atoms with van der Waals surface area (Å²) in [6.45, 7) is 4.82. The normalized spacial score (nSPS) is 13.1. The van der Waals surface area contributed by atoms with Crippen LogP contribution in [-0.4, -0.2) is 50.0 Å². The van der Waals surface area contributed by atoms with Crippen LogP contribution < -0.4 is 9.62 Å².